The number of morpholine rings is 1. The Hall–Kier alpha value is -3.11. The van der Waals surface area contributed by atoms with E-state index in [1.165, 1.54) is 28.6 Å². The fourth-order valence-corrected chi connectivity index (χ4v) is 6.06. The highest BCUT2D eigenvalue weighted by Crippen LogP contribution is 2.37. The molecule has 3 aromatic carbocycles. The molecule has 0 aromatic heterocycles. The van der Waals surface area contributed by atoms with Crippen LogP contribution < -0.4 is 14.4 Å². The molecular weight excluding hydrogens is 514 g/mol. The molecule has 0 bridgehead atoms. The zero-order valence-corrected chi connectivity index (χ0v) is 21.7. The smallest absolute Gasteiger partial charge is 0.264 e. The second-order valence-electron chi connectivity index (χ2n) is 8.99. The molecule has 1 fully saturated rings. The minimum absolute atomic E-state index is 0.0878. The van der Waals surface area contributed by atoms with E-state index in [0.29, 0.717) is 23.0 Å². The lowest BCUT2D eigenvalue weighted by Gasteiger charge is -2.34. The van der Waals surface area contributed by atoms with Crippen LogP contribution in [-0.4, -0.2) is 58.2 Å². The first-order valence-corrected chi connectivity index (χ1v) is 13.9. The van der Waals surface area contributed by atoms with Crippen molar-refractivity contribution in [3.8, 4) is 5.75 Å². The Balaban J connectivity index is 1.29. The van der Waals surface area contributed by atoms with Crippen LogP contribution >= 0.6 is 11.6 Å². The average Bonchev–Trinajstić information content (AvgIpc) is 2.92. The number of amides is 1. The minimum atomic E-state index is -3.94. The lowest BCUT2D eigenvalue weighted by Crippen LogP contribution is -2.50. The molecule has 194 valence electrons. The number of halogens is 1. The largest absolute Gasteiger partial charge is 0.476 e. The molecule has 8 nitrogen and oxygen atoms in total. The van der Waals surface area contributed by atoms with E-state index in [2.05, 4.69) is 22.3 Å². The van der Waals surface area contributed by atoms with Gasteiger partial charge in [-0.3, -0.25) is 14.0 Å². The molecule has 1 unspecified atom stereocenters. The zero-order valence-electron chi connectivity index (χ0n) is 20.2. The van der Waals surface area contributed by atoms with Gasteiger partial charge in [0, 0.05) is 31.2 Å². The number of para-hydroxylation sites is 2. The first-order chi connectivity index (χ1) is 17.9. The molecule has 37 heavy (non-hydrogen) atoms. The maximum Gasteiger partial charge on any atom is 0.264 e. The maximum absolute atomic E-state index is 13.5. The molecule has 3 aromatic rings. The van der Waals surface area contributed by atoms with Gasteiger partial charge in [0.05, 0.1) is 30.3 Å². The molecule has 0 radical (unpaired) electrons. The summed E-state index contributed by atoms with van der Waals surface area (Å²) in [4.78, 5) is 15.6. The van der Waals surface area contributed by atoms with Crippen LogP contribution in [0.5, 0.6) is 5.75 Å². The number of sulfonamides is 1. The average molecular weight is 542 g/mol. The Morgan fingerprint density at radius 3 is 2.49 bits per heavy atom. The summed E-state index contributed by atoms with van der Waals surface area (Å²) in [5, 5.41) is 3.35. The highest BCUT2D eigenvalue weighted by atomic mass is 35.5. The third-order valence-corrected chi connectivity index (χ3v) is 8.44. The Labute approximate surface area is 221 Å². The first-order valence-electron chi connectivity index (χ1n) is 12.1. The predicted octanol–water partition coefficient (Wildman–Crippen LogP) is 3.44. The summed E-state index contributed by atoms with van der Waals surface area (Å²) in [6.07, 6.45) is -1.01. The van der Waals surface area contributed by atoms with E-state index in [1.807, 2.05) is 12.1 Å². The fourth-order valence-electron chi connectivity index (χ4n) is 4.46. The van der Waals surface area contributed by atoms with Crippen molar-refractivity contribution in [3.63, 3.8) is 0 Å². The van der Waals surface area contributed by atoms with Gasteiger partial charge in [0.1, 0.15) is 5.75 Å². The highest BCUT2D eigenvalue weighted by molar-refractivity contribution is 7.92. The Bertz CT molecular complexity index is 1360. The first kappa shape index (κ1) is 25.5. The van der Waals surface area contributed by atoms with E-state index >= 15 is 0 Å². The molecular formula is C27H28ClN3O5S. The number of carbonyl (C=O) groups is 1. The molecule has 2 aliphatic heterocycles. The number of ether oxygens (including phenoxy) is 2. The molecule has 5 rings (SSSR count). The van der Waals surface area contributed by atoms with E-state index in [9.17, 15) is 13.2 Å². The maximum atomic E-state index is 13.5. The molecule has 0 aliphatic carbocycles. The SMILES string of the molecule is O=C(NCc1cccc(CN2CCOCC2)c1)C1CN(S(=O)(=O)c2ccc(Cl)cc2)c2ccccc2O1. The van der Waals surface area contributed by atoms with Crippen molar-refractivity contribution < 1.29 is 22.7 Å². The van der Waals surface area contributed by atoms with Crippen LogP contribution in [0, 0.1) is 0 Å². The summed E-state index contributed by atoms with van der Waals surface area (Å²) in [5.41, 5.74) is 2.51. The lowest BCUT2D eigenvalue weighted by molar-refractivity contribution is -0.127. The highest BCUT2D eigenvalue weighted by Gasteiger charge is 2.37. The summed E-state index contributed by atoms with van der Waals surface area (Å²) in [6, 6.07) is 20.8. The van der Waals surface area contributed by atoms with Crippen molar-refractivity contribution in [2.75, 3.05) is 37.2 Å². The number of benzene rings is 3. The number of hydrogen-bond donors (Lipinski definition) is 1. The van der Waals surface area contributed by atoms with Crippen LogP contribution in [0.1, 0.15) is 11.1 Å². The van der Waals surface area contributed by atoms with Crippen LogP contribution in [0.25, 0.3) is 0 Å². The van der Waals surface area contributed by atoms with Gasteiger partial charge in [-0.05, 0) is 47.5 Å². The number of anilines is 1. The van der Waals surface area contributed by atoms with Crippen LogP contribution in [0.3, 0.4) is 0 Å². The summed E-state index contributed by atoms with van der Waals surface area (Å²) in [6.45, 7) is 4.26. The van der Waals surface area contributed by atoms with Gasteiger partial charge in [0.15, 0.2) is 6.10 Å². The van der Waals surface area contributed by atoms with E-state index in [-0.39, 0.29) is 17.3 Å². The molecule has 0 saturated carbocycles. The van der Waals surface area contributed by atoms with Gasteiger partial charge < -0.3 is 14.8 Å². The lowest BCUT2D eigenvalue weighted by atomic mass is 10.1. The monoisotopic (exact) mass is 541 g/mol. The molecule has 0 spiro atoms. The van der Waals surface area contributed by atoms with Gasteiger partial charge in [0.25, 0.3) is 15.9 Å². The van der Waals surface area contributed by atoms with Crippen molar-refractivity contribution in [3.05, 3.63) is 88.9 Å². The molecule has 1 amide bonds. The number of nitrogens with one attached hydrogen (secondary N) is 1. The van der Waals surface area contributed by atoms with Gasteiger partial charge >= 0.3 is 0 Å². The van der Waals surface area contributed by atoms with Crippen LogP contribution in [0.4, 0.5) is 5.69 Å². The standard InChI is InChI=1S/C27H28ClN3O5S/c28-22-8-10-23(11-9-22)37(33,34)31-19-26(36-25-7-2-1-6-24(25)31)27(32)29-17-20-4-3-5-21(16-20)18-30-12-14-35-15-13-30/h1-11,16,26H,12-15,17-19H2,(H,29,32). The molecule has 1 atom stereocenters. The van der Waals surface area contributed by atoms with Crippen LogP contribution in [-0.2, 0) is 32.6 Å². The van der Waals surface area contributed by atoms with E-state index < -0.39 is 16.1 Å². The van der Waals surface area contributed by atoms with Gasteiger partial charge in [0.2, 0.25) is 0 Å². The molecule has 2 aliphatic rings. The topological polar surface area (TPSA) is 88.2 Å². The predicted molar refractivity (Wildman–Crippen MR) is 141 cm³/mol. The number of hydrogen-bond acceptors (Lipinski definition) is 6. The van der Waals surface area contributed by atoms with Crippen molar-refractivity contribution in [2.24, 2.45) is 0 Å². The Morgan fingerprint density at radius 2 is 1.70 bits per heavy atom. The van der Waals surface area contributed by atoms with Gasteiger partial charge in [-0.2, -0.15) is 0 Å². The van der Waals surface area contributed by atoms with Crippen molar-refractivity contribution in [1.29, 1.82) is 0 Å². The van der Waals surface area contributed by atoms with E-state index in [0.717, 1.165) is 44.0 Å². The quantitative estimate of drug-likeness (QED) is 0.493. The number of rotatable bonds is 7. The molecule has 10 heteroatoms. The van der Waals surface area contributed by atoms with Crippen molar-refractivity contribution >= 4 is 33.2 Å². The fraction of sp³-hybridized carbons (Fsp3) is 0.296. The van der Waals surface area contributed by atoms with Gasteiger partial charge in [-0.1, -0.05) is 48.0 Å². The molecule has 1 N–H and O–H groups in total. The summed E-state index contributed by atoms with van der Waals surface area (Å²) < 4.78 is 39.6. The number of carbonyl (C=O) groups excluding carboxylic acids is 1. The minimum Gasteiger partial charge on any atom is -0.476 e. The zero-order chi connectivity index (χ0) is 25.8. The van der Waals surface area contributed by atoms with Crippen molar-refractivity contribution in [1.82, 2.24) is 10.2 Å². The second kappa shape index (κ2) is 11.1. The van der Waals surface area contributed by atoms with Crippen molar-refractivity contribution in [2.45, 2.75) is 24.1 Å². The third kappa shape index (κ3) is 5.91. The summed E-state index contributed by atoms with van der Waals surface area (Å²) in [7, 11) is -3.94. The van der Waals surface area contributed by atoms with Gasteiger partial charge in [-0.15, -0.1) is 0 Å². The van der Waals surface area contributed by atoms with Crippen LogP contribution in [0.15, 0.2) is 77.7 Å². The summed E-state index contributed by atoms with van der Waals surface area (Å²) >= 11 is 5.95. The second-order valence-corrected chi connectivity index (χ2v) is 11.3. The number of fused-ring (bicyclic) bond motifs is 1. The normalized spacial score (nSPS) is 18.1. The van der Waals surface area contributed by atoms with E-state index in [1.54, 1.807) is 24.3 Å². The Kier molecular flexibility index (Phi) is 7.66. The molecule has 1 saturated heterocycles. The number of nitrogens with zero attached hydrogens (tertiary/aromatic N) is 2. The van der Waals surface area contributed by atoms with E-state index in [4.69, 9.17) is 21.1 Å². The Morgan fingerprint density at radius 1 is 0.973 bits per heavy atom. The van der Waals surface area contributed by atoms with Crippen LogP contribution in [0.2, 0.25) is 5.02 Å². The summed E-state index contributed by atoms with van der Waals surface area (Å²) in [5.74, 6) is -0.0525. The molecule has 2 heterocycles. The third-order valence-electron chi connectivity index (χ3n) is 6.40. The van der Waals surface area contributed by atoms with Gasteiger partial charge in [-0.25, -0.2) is 8.42 Å².